The molecule has 0 rings (SSSR count). The van der Waals surface area contributed by atoms with Gasteiger partial charge in [-0.15, -0.1) is 0 Å². The van der Waals surface area contributed by atoms with Gasteiger partial charge in [-0.2, -0.15) is 0 Å². The summed E-state index contributed by atoms with van der Waals surface area (Å²) in [4.78, 5) is 0. The maximum Gasteiger partial charge on any atom is 1.00 e. The summed E-state index contributed by atoms with van der Waals surface area (Å²) >= 11 is 0. The second-order valence-corrected chi connectivity index (χ2v) is 2.96. The smallest absolute Gasteiger partial charge is 0.736 e. The number of hydrogen-bond acceptors (Lipinski definition) is 6. The molecule has 0 amide bonds. The zero-order chi connectivity index (χ0) is 9.00. The summed E-state index contributed by atoms with van der Waals surface area (Å²) in [5.41, 5.74) is 0. The van der Waals surface area contributed by atoms with Crippen molar-refractivity contribution < 1.29 is 74.4 Å². The fourth-order valence-electron chi connectivity index (χ4n) is 0. The van der Waals surface area contributed by atoms with E-state index in [1.165, 1.54) is 0 Å². The monoisotopic (exact) mass is 222 g/mol. The summed E-state index contributed by atoms with van der Waals surface area (Å²) in [5.74, 6) is 0. The van der Waals surface area contributed by atoms with E-state index in [4.69, 9.17) is 25.9 Å². The van der Waals surface area contributed by atoms with Gasteiger partial charge in [0.2, 0.25) is 0 Å². The predicted octanol–water partition coefficient (Wildman–Crippen LogP) is -9.18. The van der Waals surface area contributed by atoms with Crippen molar-refractivity contribution in [3.05, 3.63) is 0 Å². The molecule has 64 valence electrons. The van der Waals surface area contributed by atoms with Crippen molar-refractivity contribution in [2.45, 2.75) is 0 Å². The third kappa shape index (κ3) is 677. The van der Waals surface area contributed by atoms with Crippen LogP contribution in [0.2, 0.25) is 0 Å². The molecule has 0 aromatic rings. The van der Waals surface area contributed by atoms with E-state index in [-0.39, 0.29) is 48.4 Å². The predicted molar refractivity (Wildman–Crippen MR) is 27.8 cm³/mol. The maximum absolute atomic E-state index is 8.85. The van der Waals surface area contributed by atoms with Gasteiger partial charge in [0, 0.05) is 0 Å². The normalized spacial score (nSPS) is 9.67. The topological polar surface area (TPSA) is 166 Å². The fourth-order valence-corrected chi connectivity index (χ4v) is 0. The van der Waals surface area contributed by atoms with Crippen LogP contribution in [0.15, 0.2) is 0 Å². The SMILES string of the molecule is NS(=O)(=O)[O-].NS(=O)(=O)[O-].[Li+].[Na+]. The molecule has 0 spiro atoms. The first-order valence-corrected chi connectivity index (χ1v) is 4.41. The Morgan fingerprint density at radius 3 is 0.833 bits per heavy atom. The molecular formula is H4LiN2NaO6S2. The molecule has 0 bridgehead atoms. The van der Waals surface area contributed by atoms with Gasteiger partial charge < -0.3 is 9.11 Å². The van der Waals surface area contributed by atoms with Crippen LogP contribution < -0.4 is 58.7 Å². The molecule has 4 N–H and O–H groups in total. The Hall–Kier alpha value is 1.34. The van der Waals surface area contributed by atoms with Crippen LogP contribution >= 0.6 is 0 Å². The molecule has 0 aliphatic rings. The molecule has 0 saturated heterocycles. The van der Waals surface area contributed by atoms with E-state index in [0.717, 1.165) is 0 Å². The number of rotatable bonds is 0. The van der Waals surface area contributed by atoms with Crippen LogP contribution in [0, 0.1) is 0 Å². The Morgan fingerprint density at radius 2 is 0.833 bits per heavy atom. The molecule has 0 aromatic heterocycles. The number of nitrogens with two attached hydrogens (primary N) is 2. The van der Waals surface area contributed by atoms with E-state index in [0.29, 0.717) is 0 Å². The van der Waals surface area contributed by atoms with E-state index in [1.807, 2.05) is 0 Å². The van der Waals surface area contributed by atoms with Crippen LogP contribution in [-0.2, 0) is 20.6 Å². The van der Waals surface area contributed by atoms with Gasteiger partial charge in [0.25, 0.3) is 0 Å². The molecule has 12 heavy (non-hydrogen) atoms. The van der Waals surface area contributed by atoms with Crippen LogP contribution in [0.25, 0.3) is 0 Å². The van der Waals surface area contributed by atoms with Gasteiger partial charge in [0.05, 0.1) is 0 Å². The molecule has 0 fully saturated rings. The van der Waals surface area contributed by atoms with Crippen molar-refractivity contribution in [3.8, 4) is 0 Å². The Kier molecular flexibility index (Phi) is 17.3. The Labute approximate surface area is 104 Å². The molecule has 0 aliphatic heterocycles. The van der Waals surface area contributed by atoms with Crippen molar-refractivity contribution in [1.29, 1.82) is 0 Å². The zero-order valence-electron chi connectivity index (χ0n) is 6.42. The van der Waals surface area contributed by atoms with Crippen molar-refractivity contribution in [1.82, 2.24) is 0 Å². The summed E-state index contributed by atoms with van der Waals surface area (Å²) in [6.07, 6.45) is 0. The average molecular weight is 222 g/mol. The van der Waals surface area contributed by atoms with Gasteiger partial charge in [0.15, 0.2) is 20.6 Å². The Balaban J connectivity index is -0.0000000457. The largest absolute Gasteiger partial charge is 1.00 e. The molecule has 0 saturated carbocycles. The van der Waals surface area contributed by atoms with Crippen LogP contribution in [0.4, 0.5) is 0 Å². The second kappa shape index (κ2) is 8.91. The summed E-state index contributed by atoms with van der Waals surface area (Å²) < 4.78 is 53.1. The third-order valence-corrected chi connectivity index (χ3v) is 0. The van der Waals surface area contributed by atoms with Crippen molar-refractivity contribution in [2.75, 3.05) is 0 Å². The van der Waals surface area contributed by atoms with E-state index in [9.17, 15) is 0 Å². The summed E-state index contributed by atoms with van der Waals surface area (Å²) in [6.45, 7) is 0. The van der Waals surface area contributed by atoms with Crippen LogP contribution in [0.3, 0.4) is 0 Å². The standard InChI is InChI=1S/Li.2H3NO3S.Na/c;2*1-5(2,3)4;/h;2*(H3,1,2,3,4);/q+1;;;+1/p-2. The molecule has 0 unspecified atom stereocenters. The number of hydrogen-bond donors (Lipinski definition) is 2. The molecular weight excluding hydrogens is 218 g/mol. The first-order chi connectivity index (χ1) is 4.00. The molecule has 8 nitrogen and oxygen atoms in total. The van der Waals surface area contributed by atoms with Gasteiger partial charge in [-0.25, -0.2) is 27.1 Å². The van der Waals surface area contributed by atoms with Crippen molar-refractivity contribution >= 4 is 20.6 Å². The summed E-state index contributed by atoms with van der Waals surface area (Å²) in [5, 5.41) is 7.54. The van der Waals surface area contributed by atoms with Crippen LogP contribution in [-0.4, -0.2) is 25.9 Å². The Morgan fingerprint density at radius 1 is 0.833 bits per heavy atom. The first kappa shape index (κ1) is 23.3. The van der Waals surface area contributed by atoms with E-state index in [1.54, 1.807) is 0 Å². The molecule has 0 radical (unpaired) electrons. The van der Waals surface area contributed by atoms with Gasteiger partial charge in [-0.05, 0) is 0 Å². The molecule has 0 heterocycles. The Bertz CT molecular complexity index is 220. The zero-order valence-corrected chi connectivity index (χ0v) is 10.1. The third-order valence-electron chi connectivity index (χ3n) is 0. The minimum atomic E-state index is -4.42. The minimum absolute atomic E-state index is 0. The van der Waals surface area contributed by atoms with Crippen LogP contribution in [0.1, 0.15) is 0 Å². The average Bonchev–Trinajstić information content (AvgIpc) is 1.12. The van der Waals surface area contributed by atoms with E-state index in [2.05, 4.69) is 10.3 Å². The van der Waals surface area contributed by atoms with Crippen LogP contribution in [0.5, 0.6) is 0 Å². The van der Waals surface area contributed by atoms with E-state index < -0.39 is 20.6 Å². The molecule has 0 aromatic carbocycles. The van der Waals surface area contributed by atoms with Gasteiger partial charge in [-0.3, -0.25) is 0 Å². The summed E-state index contributed by atoms with van der Waals surface area (Å²) in [7, 11) is -8.83. The molecule has 0 aliphatic carbocycles. The van der Waals surface area contributed by atoms with Crippen molar-refractivity contribution in [2.24, 2.45) is 10.3 Å². The summed E-state index contributed by atoms with van der Waals surface area (Å²) in [6, 6.07) is 0. The van der Waals surface area contributed by atoms with Gasteiger partial charge in [0.1, 0.15) is 0 Å². The quantitative estimate of drug-likeness (QED) is 0.304. The van der Waals surface area contributed by atoms with E-state index >= 15 is 0 Å². The van der Waals surface area contributed by atoms with Gasteiger partial charge >= 0.3 is 48.4 Å². The molecule has 0 atom stereocenters. The fraction of sp³-hybridized carbons (Fsp3) is 0. The van der Waals surface area contributed by atoms with Crippen molar-refractivity contribution in [3.63, 3.8) is 0 Å². The van der Waals surface area contributed by atoms with Gasteiger partial charge in [-0.1, -0.05) is 0 Å². The second-order valence-electron chi connectivity index (χ2n) is 0.986. The first-order valence-electron chi connectivity index (χ1n) is 1.47. The maximum atomic E-state index is 8.85. The minimum Gasteiger partial charge on any atom is -0.736 e. The molecule has 12 heteroatoms.